The van der Waals surface area contributed by atoms with Crippen LogP contribution >= 0.6 is 11.3 Å². The second kappa shape index (κ2) is 8.86. The van der Waals surface area contributed by atoms with Crippen LogP contribution < -0.4 is 5.32 Å². The Morgan fingerprint density at radius 2 is 2.05 bits per heavy atom. The highest BCUT2D eigenvalue weighted by molar-refractivity contribution is 7.09. The van der Waals surface area contributed by atoms with Crippen LogP contribution in [-0.4, -0.2) is 25.2 Å². The van der Waals surface area contributed by atoms with Gasteiger partial charge in [-0.1, -0.05) is 41.0 Å². The summed E-state index contributed by atoms with van der Waals surface area (Å²) in [7, 11) is 1.75. The Bertz CT molecular complexity index is 405. The maximum absolute atomic E-state index is 5.21. The van der Waals surface area contributed by atoms with Gasteiger partial charge in [-0.2, -0.15) is 0 Å². The highest BCUT2D eigenvalue weighted by atomic mass is 32.1. The van der Waals surface area contributed by atoms with E-state index in [2.05, 4.69) is 45.3 Å². The Labute approximate surface area is 134 Å². The number of ether oxygens (including phenoxy) is 1. The monoisotopic (exact) mass is 312 g/mol. The van der Waals surface area contributed by atoms with E-state index in [0.717, 1.165) is 26.0 Å². The second-order valence-electron chi connectivity index (χ2n) is 6.31. The molecule has 0 aliphatic heterocycles. The fourth-order valence-electron chi connectivity index (χ4n) is 2.56. The minimum Gasteiger partial charge on any atom is -0.383 e. The van der Waals surface area contributed by atoms with Gasteiger partial charge < -0.3 is 10.1 Å². The summed E-state index contributed by atoms with van der Waals surface area (Å²) in [5.41, 5.74) is 1.21. The third kappa shape index (κ3) is 5.04. The van der Waals surface area contributed by atoms with Crippen LogP contribution in [0.25, 0.3) is 0 Å². The number of methoxy groups -OCH3 is 1. The topological polar surface area (TPSA) is 34.1 Å². The van der Waals surface area contributed by atoms with Crippen molar-refractivity contribution in [3.8, 4) is 0 Å². The van der Waals surface area contributed by atoms with Crippen LogP contribution in [0.2, 0.25) is 0 Å². The molecular weight excluding hydrogens is 280 g/mol. The molecule has 1 N–H and O–H groups in total. The molecule has 0 bridgehead atoms. The summed E-state index contributed by atoms with van der Waals surface area (Å²) in [6, 6.07) is 0. The van der Waals surface area contributed by atoms with Crippen LogP contribution in [0.4, 0.5) is 0 Å². The van der Waals surface area contributed by atoms with E-state index >= 15 is 0 Å². The molecule has 21 heavy (non-hydrogen) atoms. The van der Waals surface area contributed by atoms with Crippen molar-refractivity contribution < 1.29 is 4.74 Å². The number of hydrogen-bond acceptors (Lipinski definition) is 4. The van der Waals surface area contributed by atoms with E-state index < -0.39 is 0 Å². The third-order valence-corrected chi connectivity index (χ3v) is 5.35. The first-order valence-electron chi connectivity index (χ1n) is 8.18. The average Bonchev–Trinajstić information content (AvgIpc) is 2.96. The van der Waals surface area contributed by atoms with Gasteiger partial charge in [0.05, 0.1) is 17.8 Å². The van der Waals surface area contributed by atoms with Crippen molar-refractivity contribution in [1.29, 1.82) is 0 Å². The fraction of sp³-hybridized carbons (Fsp3) is 0.824. The van der Waals surface area contributed by atoms with Gasteiger partial charge in [-0.3, -0.25) is 0 Å². The molecule has 0 saturated carbocycles. The molecule has 2 atom stereocenters. The van der Waals surface area contributed by atoms with E-state index in [9.17, 15) is 0 Å². The highest BCUT2D eigenvalue weighted by Crippen LogP contribution is 2.36. The standard InChI is InChI=1S/C17H32N2OS/c1-7-14(5)11-17(8-2,18-9-10-20-6)16-19-15(12-21-16)13(3)4/h12-14,18H,7-11H2,1-6H3. The first-order chi connectivity index (χ1) is 9.99. The largest absolute Gasteiger partial charge is 0.383 e. The summed E-state index contributed by atoms with van der Waals surface area (Å²) in [4.78, 5) is 4.93. The number of nitrogens with zero attached hydrogens (tertiary/aromatic N) is 1. The van der Waals surface area contributed by atoms with E-state index in [1.165, 1.54) is 17.1 Å². The number of aromatic nitrogens is 1. The molecular formula is C17H32N2OS. The molecule has 4 heteroatoms. The molecule has 0 amide bonds. The SMILES string of the molecule is CCC(C)CC(CC)(NCCOC)c1nc(C(C)C)cs1. The predicted molar refractivity (Wildman–Crippen MR) is 92.1 cm³/mol. The Hall–Kier alpha value is -0.450. The van der Waals surface area contributed by atoms with Crippen LogP contribution in [0.1, 0.15) is 70.5 Å². The molecule has 1 heterocycles. The Kier molecular flexibility index (Phi) is 7.85. The molecule has 1 aromatic rings. The molecule has 0 aromatic carbocycles. The zero-order chi connectivity index (χ0) is 15.9. The van der Waals surface area contributed by atoms with Crippen LogP contribution in [0.5, 0.6) is 0 Å². The highest BCUT2D eigenvalue weighted by Gasteiger charge is 2.34. The molecule has 0 radical (unpaired) electrons. The van der Waals surface area contributed by atoms with Gasteiger partial charge in [0.15, 0.2) is 0 Å². The van der Waals surface area contributed by atoms with Crippen LogP contribution in [0.15, 0.2) is 5.38 Å². The van der Waals surface area contributed by atoms with Gasteiger partial charge in [0.25, 0.3) is 0 Å². The van der Waals surface area contributed by atoms with Gasteiger partial charge in [-0.25, -0.2) is 4.98 Å². The molecule has 1 aromatic heterocycles. The summed E-state index contributed by atoms with van der Waals surface area (Å²) in [6.07, 6.45) is 3.40. The van der Waals surface area contributed by atoms with Crippen LogP contribution in [-0.2, 0) is 10.3 Å². The van der Waals surface area contributed by atoms with Crippen molar-refractivity contribution in [1.82, 2.24) is 10.3 Å². The minimum absolute atomic E-state index is 0.00817. The lowest BCUT2D eigenvalue weighted by Gasteiger charge is -2.34. The molecule has 0 spiro atoms. The molecule has 0 fully saturated rings. The fourth-order valence-corrected chi connectivity index (χ4v) is 3.80. The summed E-state index contributed by atoms with van der Waals surface area (Å²) in [5.74, 6) is 1.18. The Balaban J connectivity index is 3.01. The van der Waals surface area contributed by atoms with Crippen molar-refractivity contribution >= 4 is 11.3 Å². The van der Waals surface area contributed by atoms with E-state index in [4.69, 9.17) is 9.72 Å². The third-order valence-electron chi connectivity index (χ3n) is 4.29. The van der Waals surface area contributed by atoms with Crippen molar-refractivity contribution in [3.63, 3.8) is 0 Å². The van der Waals surface area contributed by atoms with Crippen molar-refractivity contribution in [2.24, 2.45) is 5.92 Å². The van der Waals surface area contributed by atoms with Gasteiger partial charge in [-0.05, 0) is 24.7 Å². The first-order valence-corrected chi connectivity index (χ1v) is 9.06. The van der Waals surface area contributed by atoms with Gasteiger partial charge in [0.1, 0.15) is 5.01 Å². The average molecular weight is 313 g/mol. The zero-order valence-electron chi connectivity index (χ0n) is 14.5. The summed E-state index contributed by atoms with van der Waals surface area (Å²) in [5, 5.41) is 7.20. The molecule has 0 aliphatic rings. The molecule has 3 nitrogen and oxygen atoms in total. The lowest BCUT2D eigenvalue weighted by molar-refractivity contribution is 0.171. The quantitative estimate of drug-likeness (QED) is 0.644. The van der Waals surface area contributed by atoms with Gasteiger partial charge in [-0.15, -0.1) is 11.3 Å². The molecule has 2 unspecified atom stereocenters. The first kappa shape index (κ1) is 18.6. The van der Waals surface area contributed by atoms with Gasteiger partial charge >= 0.3 is 0 Å². The number of nitrogens with one attached hydrogen (secondary N) is 1. The van der Waals surface area contributed by atoms with Crippen molar-refractivity contribution in [2.45, 2.75) is 65.3 Å². The van der Waals surface area contributed by atoms with E-state index in [0.29, 0.717) is 11.8 Å². The molecule has 122 valence electrons. The van der Waals surface area contributed by atoms with E-state index in [1.807, 2.05) is 0 Å². The normalized spacial score (nSPS) is 16.1. The Morgan fingerprint density at radius 3 is 2.52 bits per heavy atom. The number of rotatable bonds is 10. The molecule has 0 aliphatic carbocycles. The van der Waals surface area contributed by atoms with Gasteiger partial charge in [0, 0.05) is 19.0 Å². The maximum Gasteiger partial charge on any atom is 0.113 e. The van der Waals surface area contributed by atoms with Gasteiger partial charge in [0.2, 0.25) is 0 Å². The maximum atomic E-state index is 5.21. The minimum atomic E-state index is -0.00817. The summed E-state index contributed by atoms with van der Waals surface area (Å²) in [6.45, 7) is 12.9. The van der Waals surface area contributed by atoms with Crippen molar-refractivity contribution in [2.75, 3.05) is 20.3 Å². The lowest BCUT2D eigenvalue weighted by Crippen LogP contribution is -2.44. The summed E-state index contributed by atoms with van der Waals surface area (Å²) >= 11 is 1.81. The predicted octanol–water partition coefficient (Wildman–Crippen LogP) is 4.54. The van der Waals surface area contributed by atoms with Crippen molar-refractivity contribution in [3.05, 3.63) is 16.1 Å². The molecule has 0 saturated heterocycles. The Morgan fingerprint density at radius 1 is 1.33 bits per heavy atom. The number of thiazole rings is 1. The second-order valence-corrected chi connectivity index (χ2v) is 7.16. The van der Waals surface area contributed by atoms with E-state index in [-0.39, 0.29) is 5.54 Å². The zero-order valence-corrected chi connectivity index (χ0v) is 15.3. The van der Waals surface area contributed by atoms with Crippen LogP contribution in [0.3, 0.4) is 0 Å². The van der Waals surface area contributed by atoms with Crippen LogP contribution in [0, 0.1) is 5.92 Å². The summed E-state index contributed by atoms with van der Waals surface area (Å²) < 4.78 is 5.21. The lowest BCUT2D eigenvalue weighted by atomic mass is 9.85. The number of hydrogen-bond donors (Lipinski definition) is 1. The molecule has 1 rings (SSSR count). The smallest absolute Gasteiger partial charge is 0.113 e. The van der Waals surface area contributed by atoms with E-state index in [1.54, 1.807) is 18.4 Å².